The van der Waals surface area contributed by atoms with Crippen molar-refractivity contribution in [2.24, 2.45) is 4.99 Å². The lowest BCUT2D eigenvalue weighted by atomic mass is 10.1. The Morgan fingerprint density at radius 2 is 1.28 bits per heavy atom. The van der Waals surface area contributed by atoms with Gasteiger partial charge in [0.05, 0.1) is 6.61 Å². The van der Waals surface area contributed by atoms with Crippen molar-refractivity contribution in [2.45, 2.75) is 148 Å². The van der Waals surface area contributed by atoms with Gasteiger partial charge in [-0.3, -0.25) is 0 Å². The fourth-order valence-corrected chi connectivity index (χ4v) is 5.82. The van der Waals surface area contributed by atoms with Crippen LogP contribution < -0.4 is 0 Å². The van der Waals surface area contributed by atoms with Crippen LogP contribution in [-0.4, -0.2) is 71.0 Å². The van der Waals surface area contributed by atoms with Crippen LogP contribution in [0.4, 0.5) is 0 Å². The van der Waals surface area contributed by atoms with Crippen molar-refractivity contribution >= 4 is 41.5 Å². The molecule has 228 valence electrons. The molecule has 1 saturated heterocycles. The van der Waals surface area contributed by atoms with Crippen molar-refractivity contribution in [2.75, 3.05) is 6.61 Å². The first-order chi connectivity index (χ1) is 17.2. The average Bonchev–Trinajstić information content (AvgIpc) is 3.01. The van der Waals surface area contributed by atoms with E-state index in [2.05, 4.69) is 120 Å². The van der Waals surface area contributed by atoms with E-state index in [1.54, 1.807) is 6.08 Å². The molecule has 0 spiro atoms. The van der Waals surface area contributed by atoms with E-state index in [0.717, 1.165) is 0 Å². The van der Waals surface area contributed by atoms with Crippen molar-refractivity contribution in [1.29, 1.82) is 0 Å². The molecule has 2 aliphatic rings. The Hall–Kier alpha value is -0.269. The number of nitrogens with zero attached hydrogens (tertiary/aromatic N) is 2. The van der Waals surface area contributed by atoms with E-state index in [1.165, 1.54) is 0 Å². The normalized spacial score (nSPS) is 25.4. The molecule has 0 aromatic carbocycles. The summed E-state index contributed by atoms with van der Waals surface area (Å²) in [5, 5.41) is 11.2. The molecule has 0 aliphatic carbocycles. The standard InChI is InChI=1S/C22H41ClN2O4Si2.C7H18Si/c1-15-24-17(23)12-13-25(15)20-19(29-31(10,11)22(5,6)7)18(16(14-26)27-20)28-30(8,9)21(2,3)4;1-7(2,3)8(4,5)6/h12-13,16,18-20,26H,1,14H2,2-11H3;1-6H3/t16-,18?,19+,20-;/m1./s1. The van der Waals surface area contributed by atoms with Gasteiger partial charge >= 0.3 is 0 Å². The highest BCUT2D eigenvalue weighted by Crippen LogP contribution is 2.44. The van der Waals surface area contributed by atoms with Crippen LogP contribution in [0.3, 0.4) is 0 Å². The Labute approximate surface area is 248 Å². The third-order valence-corrected chi connectivity index (χ3v) is 23.0. The lowest BCUT2D eigenvalue weighted by Crippen LogP contribution is -2.56. The van der Waals surface area contributed by atoms with Crippen LogP contribution in [-0.2, 0) is 13.6 Å². The summed E-state index contributed by atoms with van der Waals surface area (Å²) in [7, 11) is -5.20. The molecule has 1 fully saturated rings. The van der Waals surface area contributed by atoms with Gasteiger partial charge in [-0.15, -0.1) is 0 Å². The molecule has 6 nitrogen and oxygen atoms in total. The maximum Gasteiger partial charge on any atom is 0.192 e. The van der Waals surface area contributed by atoms with Gasteiger partial charge < -0.3 is 23.6 Å². The summed E-state index contributed by atoms with van der Waals surface area (Å²) in [6.45, 7) is 40.2. The minimum atomic E-state index is -2.18. The smallest absolute Gasteiger partial charge is 0.192 e. The Morgan fingerprint density at radius 3 is 1.62 bits per heavy atom. The third kappa shape index (κ3) is 9.36. The second-order valence-corrected chi connectivity index (χ2v) is 31.9. The van der Waals surface area contributed by atoms with Gasteiger partial charge in [-0.1, -0.05) is 100 Å². The average molecular weight is 620 g/mol. The first kappa shape index (κ1) is 36.8. The molecule has 2 heterocycles. The minimum absolute atomic E-state index is 0.00653. The van der Waals surface area contributed by atoms with Crippen LogP contribution in [0.5, 0.6) is 0 Å². The number of hydrogen-bond acceptors (Lipinski definition) is 6. The molecule has 4 atom stereocenters. The maximum atomic E-state index is 10.2. The van der Waals surface area contributed by atoms with E-state index in [9.17, 15) is 5.11 Å². The van der Waals surface area contributed by atoms with E-state index in [4.69, 9.17) is 25.2 Å². The van der Waals surface area contributed by atoms with Crippen LogP contribution in [0.15, 0.2) is 29.7 Å². The Balaban J connectivity index is 0.000000824. The molecular formula is C29H59ClN2O4Si3. The summed E-state index contributed by atoms with van der Waals surface area (Å²) in [5.74, 6) is 0.478. The summed E-state index contributed by atoms with van der Waals surface area (Å²) in [6.07, 6.45) is 1.70. The van der Waals surface area contributed by atoms with Gasteiger partial charge in [0.25, 0.3) is 0 Å². The SMILES string of the molecule is C=C1N=C(Cl)C=CN1[C@@H]1O[C@H](CO)C(O[Si](C)(C)C(C)(C)C)[C@@H]1O[Si](C)(C)C(C)(C)C.CC(C)(C)[Si](C)(C)C. The van der Waals surface area contributed by atoms with E-state index >= 15 is 0 Å². The third-order valence-electron chi connectivity index (χ3n) is 9.37. The molecule has 0 bridgehead atoms. The van der Waals surface area contributed by atoms with Gasteiger partial charge in [-0.05, 0) is 47.4 Å². The molecule has 0 aromatic rings. The van der Waals surface area contributed by atoms with Gasteiger partial charge in [-0.25, -0.2) is 4.99 Å². The number of aliphatic hydroxyl groups excluding tert-OH is 1. The van der Waals surface area contributed by atoms with Crippen LogP contribution in [0.2, 0.25) is 60.9 Å². The van der Waals surface area contributed by atoms with Crippen LogP contribution in [0.1, 0.15) is 62.3 Å². The largest absolute Gasteiger partial charge is 0.408 e. The number of aliphatic hydroxyl groups is 1. The molecule has 0 aromatic heterocycles. The van der Waals surface area contributed by atoms with Crippen molar-refractivity contribution in [3.8, 4) is 0 Å². The van der Waals surface area contributed by atoms with Gasteiger partial charge in [-0.2, -0.15) is 0 Å². The van der Waals surface area contributed by atoms with Gasteiger partial charge in [0.2, 0.25) is 0 Å². The van der Waals surface area contributed by atoms with Crippen LogP contribution in [0, 0.1) is 0 Å². The van der Waals surface area contributed by atoms with E-state index in [1.807, 2.05) is 11.1 Å². The number of aliphatic imine (C=N–C) groups is 1. The maximum absolute atomic E-state index is 10.2. The van der Waals surface area contributed by atoms with Gasteiger partial charge in [0.1, 0.15) is 29.3 Å². The number of ether oxygens (including phenoxy) is 1. The summed E-state index contributed by atoms with van der Waals surface area (Å²) in [6, 6.07) is 0. The predicted octanol–water partition coefficient (Wildman–Crippen LogP) is 8.55. The second-order valence-electron chi connectivity index (χ2n) is 16.0. The highest BCUT2D eigenvalue weighted by molar-refractivity contribution is 6.78. The molecule has 1 N–H and O–H groups in total. The number of halogens is 1. The number of rotatable bonds is 6. The van der Waals surface area contributed by atoms with Crippen molar-refractivity contribution < 1.29 is 18.7 Å². The summed E-state index contributed by atoms with van der Waals surface area (Å²) in [5.41, 5.74) is 0. The molecule has 0 radical (unpaired) electrons. The van der Waals surface area contributed by atoms with Crippen LogP contribution in [0.25, 0.3) is 0 Å². The zero-order chi connectivity index (χ0) is 31.0. The molecule has 39 heavy (non-hydrogen) atoms. The predicted molar refractivity (Wildman–Crippen MR) is 176 cm³/mol. The van der Waals surface area contributed by atoms with E-state index in [-0.39, 0.29) is 16.7 Å². The lowest BCUT2D eigenvalue weighted by Gasteiger charge is -2.45. The monoisotopic (exact) mass is 618 g/mol. The van der Waals surface area contributed by atoms with Crippen molar-refractivity contribution in [3.63, 3.8) is 0 Å². The fraction of sp³-hybridized carbons (Fsp3) is 0.828. The van der Waals surface area contributed by atoms with Gasteiger partial charge in [0, 0.05) is 14.3 Å². The van der Waals surface area contributed by atoms with E-state index < -0.39 is 49.2 Å². The zero-order valence-corrected chi connectivity index (χ0v) is 31.6. The molecule has 2 rings (SSSR count). The fourth-order valence-electron chi connectivity index (χ4n) is 3.06. The molecular weight excluding hydrogens is 560 g/mol. The quantitative estimate of drug-likeness (QED) is 0.302. The lowest BCUT2D eigenvalue weighted by molar-refractivity contribution is -0.0670. The van der Waals surface area contributed by atoms with Crippen molar-refractivity contribution in [1.82, 2.24) is 4.90 Å². The summed E-state index contributed by atoms with van der Waals surface area (Å²) < 4.78 is 20.1. The van der Waals surface area contributed by atoms with Crippen LogP contribution >= 0.6 is 11.6 Å². The first-order valence-corrected chi connectivity index (χ1v) is 23.9. The van der Waals surface area contributed by atoms with Crippen molar-refractivity contribution in [3.05, 3.63) is 24.7 Å². The topological polar surface area (TPSA) is 63.5 Å². The Kier molecular flexibility index (Phi) is 11.8. The highest BCUT2D eigenvalue weighted by Gasteiger charge is 2.55. The summed E-state index contributed by atoms with van der Waals surface area (Å²) in [4.78, 5) is 6.12. The highest BCUT2D eigenvalue weighted by atomic mass is 35.5. The Bertz CT molecular complexity index is 897. The second kappa shape index (κ2) is 12.5. The molecule has 2 aliphatic heterocycles. The van der Waals surface area contributed by atoms with E-state index in [0.29, 0.717) is 16.0 Å². The molecule has 1 unspecified atom stereocenters. The zero-order valence-electron chi connectivity index (χ0n) is 27.8. The molecule has 10 heteroatoms. The minimum Gasteiger partial charge on any atom is -0.408 e. The number of allylic oxidation sites excluding steroid dienone is 1. The Morgan fingerprint density at radius 1 is 0.872 bits per heavy atom. The number of hydrogen-bond donors (Lipinski definition) is 1. The first-order valence-electron chi connectivity index (χ1n) is 14.2. The molecule has 0 amide bonds. The summed E-state index contributed by atoms with van der Waals surface area (Å²) >= 11 is 6.06. The molecule has 0 saturated carbocycles. The van der Waals surface area contributed by atoms with Gasteiger partial charge in [0.15, 0.2) is 22.9 Å².